The predicted molar refractivity (Wildman–Crippen MR) is 118 cm³/mol. The van der Waals surface area contributed by atoms with Crippen LogP contribution in [0.15, 0.2) is 42.6 Å². The standard InChI is InChI=1S/C24H29N5O/c1-18-26-22-9-6-12-25-23(22)29(18)21-8-5-7-19(17-21)24(30)28-15-10-20(11-16-28)27-13-3-2-4-14-27/h5-9,12,17,20H,2-4,10-11,13-16H2,1H3. The summed E-state index contributed by atoms with van der Waals surface area (Å²) in [5, 5.41) is 0. The first-order valence-corrected chi connectivity index (χ1v) is 11.1. The van der Waals surface area contributed by atoms with Gasteiger partial charge in [0.2, 0.25) is 0 Å². The third-order valence-corrected chi connectivity index (χ3v) is 6.59. The van der Waals surface area contributed by atoms with Crippen LogP contribution < -0.4 is 0 Å². The highest BCUT2D eigenvalue weighted by atomic mass is 16.2. The second kappa shape index (κ2) is 8.19. The van der Waals surface area contributed by atoms with Crippen LogP contribution in [-0.4, -0.2) is 62.5 Å². The highest BCUT2D eigenvalue weighted by Crippen LogP contribution is 2.24. The summed E-state index contributed by atoms with van der Waals surface area (Å²) < 4.78 is 2.02. The van der Waals surface area contributed by atoms with E-state index in [2.05, 4.69) is 14.9 Å². The summed E-state index contributed by atoms with van der Waals surface area (Å²) in [6.07, 6.45) is 7.96. The Labute approximate surface area is 177 Å². The number of carbonyl (C=O) groups excluding carboxylic acids is 1. The van der Waals surface area contributed by atoms with Gasteiger partial charge < -0.3 is 9.80 Å². The fourth-order valence-corrected chi connectivity index (χ4v) is 5.01. The summed E-state index contributed by atoms with van der Waals surface area (Å²) in [7, 11) is 0. The lowest BCUT2D eigenvalue weighted by Gasteiger charge is -2.40. The fraction of sp³-hybridized carbons (Fsp3) is 0.458. The second-order valence-corrected chi connectivity index (χ2v) is 8.51. The number of benzene rings is 1. The summed E-state index contributed by atoms with van der Waals surface area (Å²) in [6.45, 7) is 6.12. The molecule has 0 saturated carbocycles. The van der Waals surface area contributed by atoms with Crippen molar-refractivity contribution < 1.29 is 4.79 Å². The van der Waals surface area contributed by atoms with Gasteiger partial charge in [-0.15, -0.1) is 0 Å². The monoisotopic (exact) mass is 403 g/mol. The van der Waals surface area contributed by atoms with Crippen LogP contribution in [0.3, 0.4) is 0 Å². The molecule has 30 heavy (non-hydrogen) atoms. The molecule has 3 aromatic rings. The maximum Gasteiger partial charge on any atom is 0.253 e. The van der Waals surface area contributed by atoms with Crippen molar-refractivity contribution >= 4 is 17.1 Å². The summed E-state index contributed by atoms with van der Waals surface area (Å²) >= 11 is 0. The zero-order valence-electron chi connectivity index (χ0n) is 17.6. The third-order valence-electron chi connectivity index (χ3n) is 6.59. The Morgan fingerprint density at radius 3 is 2.60 bits per heavy atom. The molecule has 2 aromatic heterocycles. The molecule has 6 heteroatoms. The molecule has 4 heterocycles. The van der Waals surface area contributed by atoms with Crippen molar-refractivity contribution in [1.29, 1.82) is 0 Å². The molecular formula is C24H29N5O. The van der Waals surface area contributed by atoms with Gasteiger partial charge in [0.05, 0.1) is 0 Å². The van der Waals surface area contributed by atoms with Crippen molar-refractivity contribution in [3.05, 3.63) is 54.0 Å². The Morgan fingerprint density at radius 2 is 1.80 bits per heavy atom. The minimum atomic E-state index is 0.129. The van der Waals surface area contributed by atoms with Crippen LogP contribution in [0.5, 0.6) is 0 Å². The number of imidazole rings is 1. The first-order valence-electron chi connectivity index (χ1n) is 11.1. The van der Waals surface area contributed by atoms with E-state index in [1.807, 2.05) is 52.8 Å². The smallest absolute Gasteiger partial charge is 0.253 e. The largest absolute Gasteiger partial charge is 0.339 e. The van der Waals surface area contributed by atoms with E-state index < -0.39 is 0 Å². The van der Waals surface area contributed by atoms with Gasteiger partial charge in [-0.2, -0.15) is 0 Å². The van der Waals surface area contributed by atoms with Crippen LogP contribution in [0, 0.1) is 6.92 Å². The Hall–Kier alpha value is -2.73. The molecule has 1 aromatic carbocycles. The van der Waals surface area contributed by atoms with Gasteiger partial charge in [0.1, 0.15) is 11.3 Å². The van der Waals surface area contributed by atoms with Crippen molar-refractivity contribution in [3.63, 3.8) is 0 Å². The summed E-state index contributed by atoms with van der Waals surface area (Å²) in [5.74, 6) is 1.000. The number of nitrogens with zero attached hydrogens (tertiary/aromatic N) is 5. The highest BCUT2D eigenvalue weighted by molar-refractivity contribution is 5.95. The normalized spacial score (nSPS) is 18.8. The van der Waals surface area contributed by atoms with Gasteiger partial charge in [-0.1, -0.05) is 12.5 Å². The van der Waals surface area contributed by atoms with Crippen LogP contribution in [-0.2, 0) is 0 Å². The van der Waals surface area contributed by atoms with Gasteiger partial charge >= 0.3 is 0 Å². The Morgan fingerprint density at radius 1 is 1.00 bits per heavy atom. The van der Waals surface area contributed by atoms with E-state index in [-0.39, 0.29) is 5.91 Å². The molecule has 0 radical (unpaired) electrons. The van der Waals surface area contributed by atoms with Crippen LogP contribution in [0.2, 0.25) is 0 Å². The lowest BCUT2D eigenvalue weighted by atomic mass is 9.99. The summed E-state index contributed by atoms with van der Waals surface area (Å²) in [5.41, 5.74) is 3.36. The number of aromatic nitrogens is 3. The molecule has 0 spiro atoms. The average molecular weight is 404 g/mol. The Bertz CT molecular complexity index is 1040. The number of amides is 1. The number of piperidine rings is 2. The molecule has 0 unspecified atom stereocenters. The third kappa shape index (κ3) is 3.60. The van der Waals surface area contributed by atoms with Gasteiger partial charge in [-0.25, -0.2) is 9.97 Å². The molecule has 156 valence electrons. The van der Waals surface area contributed by atoms with Gasteiger partial charge in [-0.3, -0.25) is 9.36 Å². The van der Waals surface area contributed by atoms with Crippen LogP contribution >= 0.6 is 0 Å². The zero-order valence-corrected chi connectivity index (χ0v) is 17.6. The van der Waals surface area contributed by atoms with Gasteiger partial charge in [-0.05, 0) is 76.0 Å². The van der Waals surface area contributed by atoms with Gasteiger partial charge in [0, 0.05) is 36.6 Å². The summed E-state index contributed by atoms with van der Waals surface area (Å²) in [6, 6.07) is 12.4. The first kappa shape index (κ1) is 19.2. The molecular weight excluding hydrogens is 374 g/mol. The van der Waals surface area contributed by atoms with E-state index >= 15 is 0 Å². The molecule has 0 bridgehead atoms. The summed E-state index contributed by atoms with van der Waals surface area (Å²) in [4.78, 5) is 27.0. The molecule has 0 atom stereocenters. The molecule has 2 aliphatic heterocycles. The van der Waals surface area contributed by atoms with Crippen molar-refractivity contribution in [2.45, 2.75) is 45.1 Å². The molecule has 1 amide bonds. The van der Waals surface area contributed by atoms with Gasteiger partial charge in [0.25, 0.3) is 5.91 Å². The van der Waals surface area contributed by atoms with Crippen LogP contribution in [0.4, 0.5) is 0 Å². The van der Waals surface area contributed by atoms with Crippen molar-refractivity contribution in [3.8, 4) is 5.69 Å². The van der Waals surface area contributed by atoms with Gasteiger partial charge in [0.15, 0.2) is 5.65 Å². The number of carbonyl (C=O) groups is 1. The number of aryl methyl sites for hydroxylation is 1. The Kier molecular flexibility index (Phi) is 5.25. The van der Waals surface area contributed by atoms with E-state index in [0.29, 0.717) is 6.04 Å². The zero-order chi connectivity index (χ0) is 20.5. The Balaban J connectivity index is 1.33. The van der Waals surface area contributed by atoms with E-state index in [1.54, 1.807) is 6.20 Å². The topological polar surface area (TPSA) is 54.3 Å². The van der Waals surface area contributed by atoms with E-state index in [0.717, 1.165) is 54.2 Å². The molecule has 0 N–H and O–H groups in total. The average Bonchev–Trinajstić information content (AvgIpc) is 3.15. The highest BCUT2D eigenvalue weighted by Gasteiger charge is 2.28. The van der Waals surface area contributed by atoms with Crippen LogP contribution in [0.1, 0.15) is 48.3 Å². The van der Waals surface area contributed by atoms with E-state index in [9.17, 15) is 4.79 Å². The quantitative estimate of drug-likeness (QED) is 0.667. The van der Waals surface area contributed by atoms with Crippen molar-refractivity contribution in [2.24, 2.45) is 0 Å². The second-order valence-electron chi connectivity index (χ2n) is 8.51. The first-order chi connectivity index (χ1) is 14.7. The van der Waals surface area contributed by atoms with Crippen molar-refractivity contribution in [1.82, 2.24) is 24.3 Å². The lowest BCUT2D eigenvalue weighted by molar-refractivity contribution is 0.0590. The SMILES string of the molecule is Cc1nc2cccnc2n1-c1cccc(C(=O)N2CCC(N3CCCCC3)CC2)c1. The molecule has 5 rings (SSSR count). The molecule has 2 saturated heterocycles. The molecule has 2 aliphatic rings. The number of rotatable bonds is 3. The van der Waals surface area contributed by atoms with E-state index in [1.165, 1.54) is 32.4 Å². The van der Waals surface area contributed by atoms with Crippen molar-refractivity contribution in [2.75, 3.05) is 26.2 Å². The molecule has 6 nitrogen and oxygen atoms in total. The molecule has 0 aliphatic carbocycles. The predicted octanol–water partition coefficient (Wildman–Crippen LogP) is 3.82. The lowest BCUT2D eigenvalue weighted by Crippen LogP contribution is -2.48. The number of hydrogen-bond donors (Lipinski definition) is 0. The number of likely N-dealkylation sites (tertiary alicyclic amines) is 2. The van der Waals surface area contributed by atoms with Crippen LogP contribution in [0.25, 0.3) is 16.9 Å². The van der Waals surface area contributed by atoms with E-state index in [4.69, 9.17) is 0 Å². The minimum absolute atomic E-state index is 0.129. The fourth-order valence-electron chi connectivity index (χ4n) is 5.01. The maximum atomic E-state index is 13.2. The number of pyridine rings is 1. The minimum Gasteiger partial charge on any atom is -0.339 e. The number of hydrogen-bond acceptors (Lipinski definition) is 4. The number of fused-ring (bicyclic) bond motifs is 1. The molecule has 2 fully saturated rings. The maximum absolute atomic E-state index is 13.2.